The molecule has 3 aromatic heterocycles. The van der Waals surface area contributed by atoms with Gasteiger partial charge in [0.05, 0.1) is 0 Å². The highest BCUT2D eigenvalue weighted by Crippen LogP contribution is 2.40. The monoisotopic (exact) mass is 615 g/mol. The van der Waals surface area contributed by atoms with E-state index in [1.807, 2.05) is 60.7 Å². The van der Waals surface area contributed by atoms with Gasteiger partial charge in [-0.2, -0.15) is 0 Å². The molecule has 0 bridgehead atoms. The summed E-state index contributed by atoms with van der Waals surface area (Å²) in [7, 11) is 0. The summed E-state index contributed by atoms with van der Waals surface area (Å²) in [6, 6.07) is 51.6. The normalized spacial score (nSPS) is 11.8. The molecule has 0 unspecified atom stereocenters. The molecule has 224 valence electrons. The maximum atomic E-state index is 6.52. The Labute approximate surface area is 274 Å². The van der Waals surface area contributed by atoms with Crippen LogP contribution in [0, 0.1) is 0 Å². The summed E-state index contributed by atoms with van der Waals surface area (Å²) in [5.41, 5.74) is 8.23. The van der Waals surface area contributed by atoms with Crippen molar-refractivity contribution in [3.8, 4) is 45.3 Å². The van der Waals surface area contributed by atoms with Gasteiger partial charge in [0.25, 0.3) is 0 Å². The van der Waals surface area contributed by atoms with Crippen molar-refractivity contribution in [1.82, 2.24) is 15.0 Å². The summed E-state index contributed by atoms with van der Waals surface area (Å²) in [4.78, 5) is 15.5. The van der Waals surface area contributed by atoms with E-state index in [2.05, 4.69) is 91.0 Å². The SMILES string of the molecule is c1ccc(-c2ccc(-c3nc(-c4cccc5oc6ccccc6c45)nc(-c4cccc5oc6c7ccccc7ccc6c45)n3)cc2)cc1. The van der Waals surface area contributed by atoms with Crippen LogP contribution in [0.15, 0.2) is 160 Å². The van der Waals surface area contributed by atoms with Crippen molar-refractivity contribution < 1.29 is 8.83 Å². The zero-order valence-electron chi connectivity index (χ0n) is 25.6. The zero-order chi connectivity index (χ0) is 31.6. The maximum Gasteiger partial charge on any atom is 0.164 e. The number of aromatic nitrogens is 3. The van der Waals surface area contributed by atoms with Crippen LogP contribution in [0.25, 0.3) is 99.9 Å². The molecule has 48 heavy (non-hydrogen) atoms. The molecule has 10 rings (SSSR count). The second-order valence-electron chi connectivity index (χ2n) is 12.0. The predicted octanol–water partition coefficient (Wildman–Crippen LogP) is 11.5. The van der Waals surface area contributed by atoms with E-state index >= 15 is 0 Å². The molecule has 0 spiro atoms. The van der Waals surface area contributed by atoms with E-state index < -0.39 is 0 Å². The minimum atomic E-state index is 0.577. The molecular formula is C43H25N3O2. The number of para-hydroxylation sites is 1. The Hall–Kier alpha value is -6.59. The van der Waals surface area contributed by atoms with Crippen LogP contribution in [0.3, 0.4) is 0 Å². The molecule has 0 saturated carbocycles. The second-order valence-corrected chi connectivity index (χ2v) is 12.0. The van der Waals surface area contributed by atoms with Gasteiger partial charge in [-0.15, -0.1) is 0 Å². The van der Waals surface area contributed by atoms with Crippen LogP contribution in [0.4, 0.5) is 0 Å². The summed E-state index contributed by atoms with van der Waals surface area (Å²) in [5.74, 6) is 1.75. The van der Waals surface area contributed by atoms with Crippen molar-refractivity contribution in [2.24, 2.45) is 0 Å². The number of hydrogen-bond donors (Lipinski definition) is 0. The van der Waals surface area contributed by atoms with Crippen molar-refractivity contribution in [1.29, 1.82) is 0 Å². The number of benzene rings is 7. The van der Waals surface area contributed by atoms with E-state index in [9.17, 15) is 0 Å². The first-order chi connectivity index (χ1) is 23.8. The highest BCUT2D eigenvalue weighted by molar-refractivity contribution is 6.19. The predicted molar refractivity (Wildman–Crippen MR) is 194 cm³/mol. The van der Waals surface area contributed by atoms with Crippen LogP contribution in [0.1, 0.15) is 0 Å². The lowest BCUT2D eigenvalue weighted by Crippen LogP contribution is -2.00. The standard InChI is InChI=1S/C43H25N3O2/c1-2-10-26(11-3-1)27-20-22-29(23-21-27)41-44-42(33-15-8-18-36-38(33)31-14-6-7-17-35(31)47-36)46-43(45-41)34-16-9-19-37-39(34)32-25-24-28-12-4-5-13-30(28)40(32)48-37/h1-25H. The Morgan fingerprint density at radius 2 is 0.896 bits per heavy atom. The van der Waals surface area contributed by atoms with Crippen LogP contribution < -0.4 is 0 Å². The number of fused-ring (bicyclic) bond motifs is 8. The molecule has 0 aliphatic carbocycles. The van der Waals surface area contributed by atoms with Gasteiger partial charge < -0.3 is 8.83 Å². The quantitative estimate of drug-likeness (QED) is 0.197. The van der Waals surface area contributed by atoms with E-state index in [0.717, 1.165) is 82.5 Å². The molecule has 5 heteroatoms. The number of nitrogens with zero attached hydrogens (tertiary/aromatic N) is 3. The first kappa shape index (κ1) is 26.6. The summed E-state index contributed by atoms with van der Waals surface area (Å²) in [6.07, 6.45) is 0. The maximum absolute atomic E-state index is 6.52. The molecule has 0 N–H and O–H groups in total. The average molecular weight is 616 g/mol. The summed E-state index contributed by atoms with van der Waals surface area (Å²) in [5, 5.41) is 6.22. The Morgan fingerprint density at radius 3 is 1.67 bits per heavy atom. The van der Waals surface area contributed by atoms with Crippen LogP contribution in [0.2, 0.25) is 0 Å². The molecule has 0 amide bonds. The highest BCUT2D eigenvalue weighted by atomic mass is 16.3. The van der Waals surface area contributed by atoms with E-state index in [1.165, 1.54) is 0 Å². The van der Waals surface area contributed by atoms with Crippen LogP contribution in [0.5, 0.6) is 0 Å². The first-order valence-electron chi connectivity index (χ1n) is 15.9. The van der Waals surface area contributed by atoms with Gasteiger partial charge in [0.1, 0.15) is 22.3 Å². The fraction of sp³-hybridized carbons (Fsp3) is 0. The van der Waals surface area contributed by atoms with Gasteiger partial charge in [-0.1, -0.05) is 127 Å². The molecule has 0 atom stereocenters. The fourth-order valence-corrected chi connectivity index (χ4v) is 6.89. The second kappa shape index (κ2) is 10.5. The lowest BCUT2D eigenvalue weighted by molar-refractivity contribution is 0.669. The highest BCUT2D eigenvalue weighted by Gasteiger charge is 2.21. The van der Waals surface area contributed by atoms with E-state index in [1.54, 1.807) is 0 Å². The average Bonchev–Trinajstić information content (AvgIpc) is 3.74. The van der Waals surface area contributed by atoms with Gasteiger partial charge >= 0.3 is 0 Å². The lowest BCUT2D eigenvalue weighted by atomic mass is 10.0. The molecule has 5 nitrogen and oxygen atoms in total. The van der Waals surface area contributed by atoms with Crippen LogP contribution >= 0.6 is 0 Å². The minimum absolute atomic E-state index is 0.577. The Morgan fingerprint density at radius 1 is 0.333 bits per heavy atom. The van der Waals surface area contributed by atoms with Crippen LogP contribution in [-0.4, -0.2) is 15.0 Å². The fourth-order valence-electron chi connectivity index (χ4n) is 6.89. The molecule has 0 fully saturated rings. The van der Waals surface area contributed by atoms with Crippen molar-refractivity contribution in [2.45, 2.75) is 0 Å². The van der Waals surface area contributed by atoms with Crippen molar-refractivity contribution in [2.75, 3.05) is 0 Å². The molecule has 10 aromatic rings. The molecule has 3 heterocycles. The summed E-state index contributed by atoms with van der Waals surface area (Å²) >= 11 is 0. The molecular weight excluding hydrogens is 590 g/mol. The number of furan rings is 2. The third kappa shape index (κ3) is 4.15. The Bertz CT molecular complexity index is 2830. The van der Waals surface area contributed by atoms with Gasteiger partial charge in [0.15, 0.2) is 17.5 Å². The third-order valence-corrected chi connectivity index (χ3v) is 9.16. The molecule has 0 saturated heterocycles. The third-order valence-electron chi connectivity index (χ3n) is 9.16. The molecule has 7 aromatic carbocycles. The zero-order valence-corrected chi connectivity index (χ0v) is 25.6. The van der Waals surface area contributed by atoms with Gasteiger partial charge in [-0.05, 0) is 40.8 Å². The van der Waals surface area contributed by atoms with Crippen molar-refractivity contribution in [3.63, 3.8) is 0 Å². The number of hydrogen-bond acceptors (Lipinski definition) is 5. The minimum Gasteiger partial charge on any atom is -0.456 e. The molecule has 0 radical (unpaired) electrons. The Balaban J connectivity index is 1.23. The molecule has 0 aliphatic heterocycles. The van der Waals surface area contributed by atoms with Gasteiger partial charge in [-0.3, -0.25) is 0 Å². The van der Waals surface area contributed by atoms with E-state index in [4.69, 9.17) is 23.8 Å². The number of rotatable bonds is 4. The Kier molecular flexibility index (Phi) is 5.81. The summed E-state index contributed by atoms with van der Waals surface area (Å²) in [6.45, 7) is 0. The van der Waals surface area contributed by atoms with Crippen molar-refractivity contribution in [3.05, 3.63) is 152 Å². The van der Waals surface area contributed by atoms with Gasteiger partial charge in [0, 0.05) is 43.6 Å². The largest absolute Gasteiger partial charge is 0.456 e. The smallest absolute Gasteiger partial charge is 0.164 e. The van der Waals surface area contributed by atoms with E-state index in [-0.39, 0.29) is 0 Å². The van der Waals surface area contributed by atoms with Crippen molar-refractivity contribution >= 4 is 54.6 Å². The van der Waals surface area contributed by atoms with E-state index in [0.29, 0.717) is 17.5 Å². The van der Waals surface area contributed by atoms with Gasteiger partial charge in [0.2, 0.25) is 0 Å². The lowest BCUT2D eigenvalue weighted by Gasteiger charge is -2.10. The molecule has 0 aliphatic rings. The van der Waals surface area contributed by atoms with Gasteiger partial charge in [-0.25, -0.2) is 15.0 Å². The van der Waals surface area contributed by atoms with Crippen LogP contribution in [-0.2, 0) is 0 Å². The summed E-state index contributed by atoms with van der Waals surface area (Å²) < 4.78 is 12.8. The topological polar surface area (TPSA) is 65.0 Å². The first-order valence-corrected chi connectivity index (χ1v) is 15.9.